The van der Waals surface area contributed by atoms with Crippen LogP contribution in [0.2, 0.25) is 0 Å². The molecule has 1 heterocycles. The lowest BCUT2D eigenvalue weighted by Gasteiger charge is -2.09. The second-order valence-corrected chi connectivity index (χ2v) is 4.32. The molecule has 1 aromatic heterocycles. The number of methoxy groups -OCH3 is 1. The minimum atomic E-state index is -0.331. The van der Waals surface area contributed by atoms with E-state index in [1.54, 1.807) is 38.3 Å². The van der Waals surface area contributed by atoms with E-state index in [0.717, 1.165) is 11.4 Å². The van der Waals surface area contributed by atoms with Gasteiger partial charge in [-0.2, -0.15) is 0 Å². The van der Waals surface area contributed by atoms with Crippen molar-refractivity contribution in [3.63, 3.8) is 0 Å². The molecule has 0 aliphatic heterocycles. The third-order valence-corrected chi connectivity index (χ3v) is 2.75. The van der Waals surface area contributed by atoms with Gasteiger partial charge in [0.1, 0.15) is 12.4 Å². The molecule has 0 saturated carbocycles. The van der Waals surface area contributed by atoms with Crippen LogP contribution < -0.4 is 9.47 Å². The topological polar surface area (TPSA) is 31.4 Å². The molecular formula is C15H16FNO2. The van der Waals surface area contributed by atoms with Crippen LogP contribution in [0.15, 0.2) is 30.3 Å². The van der Waals surface area contributed by atoms with Gasteiger partial charge >= 0.3 is 0 Å². The van der Waals surface area contributed by atoms with Gasteiger partial charge in [0.15, 0.2) is 11.6 Å². The molecule has 3 nitrogen and oxygen atoms in total. The normalized spacial score (nSPS) is 10.3. The Morgan fingerprint density at radius 2 is 2.00 bits per heavy atom. The highest BCUT2D eigenvalue weighted by atomic mass is 19.1. The smallest absolute Gasteiger partial charge is 0.167 e. The van der Waals surface area contributed by atoms with Crippen LogP contribution in [0.4, 0.5) is 4.39 Å². The number of pyridine rings is 1. The molecule has 0 fully saturated rings. The molecule has 0 bridgehead atoms. The summed E-state index contributed by atoms with van der Waals surface area (Å²) >= 11 is 0. The fraction of sp³-hybridized carbons (Fsp3) is 0.267. The first kappa shape index (κ1) is 13.3. The number of aromatic nitrogens is 1. The van der Waals surface area contributed by atoms with Crippen molar-refractivity contribution in [3.8, 4) is 11.5 Å². The Morgan fingerprint density at radius 3 is 2.74 bits per heavy atom. The van der Waals surface area contributed by atoms with Crippen molar-refractivity contribution in [2.24, 2.45) is 0 Å². The first-order valence-corrected chi connectivity index (χ1v) is 5.99. The van der Waals surface area contributed by atoms with Gasteiger partial charge in [-0.3, -0.25) is 4.98 Å². The zero-order valence-corrected chi connectivity index (χ0v) is 11.2. The monoisotopic (exact) mass is 261 g/mol. The van der Waals surface area contributed by atoms with Gasteiger partial charge in [0.25, 0.3) is 0 Å². The number of benzene rings is 1. The van der Waals surface area contributed by atoms with Crippen molar-refractivity contribution in [2.75, 3.05) is 7.11 Å². The summed E-state index contributed by atoms with van der Waals surface area (Å²) in [6, 6.07) is 8.68. The average Bonchev–Trinajstić information content (AvgIpc) is 2.40. The molecule has 0 aliphatic rings. The molecule has 19 heavy (non-hydrogen) atoms. The fourth-order valence-electron chi connectivity index (χ4n) is 1.78. The number of halogens is 1. The summed E-state index contributed by atoms with van der Waals surface area (Å²) < 4.78 is 24.4. The van der Waals surface area contributed by atoms with Crippen molar-refractivity contribution >= 4 is 0 Å². The standard InChI is InChI=1S/C15H16FNO2/c1-10-5-4-6-14(15(10)16)19-9-12-8-13(18-3)7-11(2)17-12/h4-8H,9H2,1-3H3. The van der Waals surface area contributed by atoms with E-state index < -0.39 is 0 Å². The molecule has 0 spiro atoms. The molecule has 100 valence electrons. The Bertz CT molecular complexity index is 584. The van der Waals surface area contributed by atoms with Crippen LogP contribution in [0, 0.1) is 19.7 Å². The Hall–Kier alpha value is -2.10. The van der Waals surface area contributed by atoms with Gasteiger partial charge < -0.3 is 9.47 Å². The van der Waals surface area contributed by atoms with Gasteiger partial charge in [-0.05, 0) is 25.5 Å². The highest BCUT2D eigenvalue weighted by molar-refractivity contribution is 5.31. The van der Waals surface area contributed by atoms with Gasteiger partial charge in [0, 0.05) is 17.8 Å². The van der Waals surface area contributed by atoms with E-state index >= 15 is 0 Å². The summed E-state index contributed by atoms with van der Waals surface area (Å²) in [5.74, 6) is 0.625. The Balaban J connectivity index is 2.14. The largest absolute Gasteiger partial charge is 0.497 e. The first-order chi connectivity index (χ1) is 9.10. The Morgan fingerprint density at radius 1 is 1.21 bits per heavy atom. The van der Waals surface area contributed by atoms with Gasteiger partial charge in [0.2, 0.25) is 0 Å². The van der Waals surface area contributed by atoms with Crippen LogP contribution in [0.5, 0.6) is 11.5 Å². The lowest BCUT2D eigenvalue weighted by molar-refractivity contribution is 0.284. The number of nitrogens with zero attached hydrogens (tertiary/aromatic N) is 1. The maximum atomic E-state index is 13.8. The molecule has 0 saturated heterocycles. The second-order valence-electron chi connectivity index (χ2n) is 4.32. The molecular weight excluding hydrogens is 245 g/mol. The SMILES string of the molecule is COc1cc(C)nc(COc2cccc(C)c2F)c1. The Labute approximate surface area is 112 Å². The molecule has 0 radical (unpaired) electrons. The summed E-state index contributed by atoms with van der Waals surface area (Å²) in [6.07, 6.45) is 0. The molecule has 4 heteroatoms. The van der Waals surface area contributed by atoms with E-state index in [-0.39, 0.29) is 18.2 Å². The molecule has 1 aromatic carbocycles. The lowest BCUT2D eigenvalue weighted by atomic mass is 10.2. The average molecular weight is 261 g/mol. The van der Waals surface area contributed by atoms with E-state index in [1.807, 2.05) is 13.0 Å². The zero-order chi connectivity index (χ0) is 13.8. The van der Waals surface area contributed by atoms with Crippen molar-refractivity contribution < 1.29 is 13.9 Å². The lowest BCUT2D eigenvalue weighted by Crippen LogP contribution is -2.02. The van der Waals surface area contributed by atoms with Crippen LogP contribution in [0.25, 0.3) is 0 Å². The van der Waals surface area contributed by atoms with Gasteiger partial charge in [-0.25, -0.2) is 4.39 Å². The second kappa shape index (κ2) is 5.69. The minimum Gasteiger partial charge on any atom is -0.497 e. The summed E-state index contributed by atoms with van der Waals surface area (Å²) in [7, 11) is 1.60. The maximum Gasteiger partial charge on any atom is 0.167 e. The minimum absolute atomic E-state index is 0.207. The van der Waals surface area contributed by atoms with E-state index in [4.69, 9.17) is 9.47 Å². The van der Waals surface area contributed by atoms with Gasteiger partial charge in [-0.1, -0.05) is 12.1 Å². The summed E-state index contributed by atoms with van der Waals surface area (Å²) in [6.45, 7) is 3.79. The van der Waals surface area contributed by atoms with Crippen molar-refractivity contribution in [3.05, 3.63) is 53.1 Å². The number of aryl methyl sites for hydroxylation is 2. The number of hydrogen-bond acceptors (Lipinski definition) is 3. The molecule has 0 aliphatic carbocycles. The number of rotatable bonds is 4. The van der Waals surface area contributed by atoms with Crippen LogP contribution in [-0.4, -0.2) is 12.1 Å². The van der Waals surface area contributed by atoms with E-state index in [9.17, 15) is 4.39 Å². The maximum absolute atomic E-state index is 13.8. The van der Waals surface area contributed by atoms with Crippen LogP contribution in [-0.2, 0) is 6.61 Å². The Kier molecular flexibility index (Phi) is 4.00. The highest BCUT2D eigenvalue weighted by Crippen LogP contribution is 2.21. The van der Waals surface area contributed by atoms with Crippen LogP contribution >= 0.6 is 0 Å². The molecule has 0 N–H and O–H groups in total. The summed E-state index contributed by atoms with van der Waals surface area (Å²) in [5, 5.41) is 0. The molecule has 2 rings (SSSR count). The van der Waals surface area contributed by atoms with Gasteiger partial charge in [0.05, 0.1) is 12.8 Å². The van der Waals surface area contributed by atoms with E-state index in [1.165, 1.54) is 0 Å². The number of ether oxygens (including phenoxy) is 2. The fourth-order valence-corrected chi connectivity index (χ4v) is 1.78. The van der Waals surface area contributed by atoms with E-state index in [2.05, 4.69) is 4.98 Å². The summed E-state index contributed by atoms with van der Waals surface area (Å²) in [4.78, 5) is 4.32. The predicted molar refractivity (Wildman–Crippen MR) is 71.0 cm³/mol. The first-order valence-electron chi connectivity index (χ1n) is 5.99. The molecule has 0 atom stereocenters. The quantitative estimate of drug-likeness (QED) is 0.845. The molecule has 0 amide bonds. The van der Waals surface area contributed by atoms with Crippen LogP contribution in [0.3, 0.4) is 0 Å². The van der Waals surface area contributed by atoms with Crippen molar-refractivity contribution in [1.29, 1.82) is 0 Å². The third kappa shape index (κ3) is 3.22. The van der Waals surface area contributed by atoms with Crippen molar-refractivity contribution in [2.45, 2.75) is 20.5 Å². The zero-order valence-electron chi connectivity index (χ0n) is 11.2. The van der Waals surface area contributed by atoms with Crippen LogP contribution in [0.1, 0.15) is 17.0 Å². The van der Waals surface area contributed by atoms with Crippen molar-refractivity contribution in [1.82, 2.24) is 4.98 Å². The third-order valence-electron chi connectivity index (χ3n) is 2.75. The predicted octanol–water partition coefficient (Wildman–Crippen LogP) is 3.43. The highest BCUT2D eigenvalue weighted by Gasteiger charge is 2.07. The van der Waals surface area contributed by atoms with Gasteiger partial charge in [-0.15, -0.1) is 0 Å². The molecule has 0 unspecified atom stereocenters. The summed E-state index contributed by atoms with van der Waals surface area (Å²) in [5.41, 5.74) is 2.10. The number of hydrogen-bond donors (Lipinski definition) is 0. The molecule has 2 aromatic rings. The van der Waals surface area contributed by atoms with E-state index in [0.29, 0.717) is 11.3 Å².